The minimum atomic E-state index is -1.24. The van der Waals surface area contributed by atoms with Gasteiger partial charge in [0.25, 0.3) is 0 Å². The lowest BCUT2D eigenvalue weighted by Crippen LogP contribution is -2.59. The highest BCUT2D eigenvalue weighted by atomic mass is 16.4. The van der Waals surface area contributed by atoms with E-state index in [-0.39, 0.29) is 0 Å². The van der Waals surface area contributed by atoms with Crippen LogP contribution < -0.4 is 5.73 Å². The number of rotatable bonds is 3. The standard InChI is InChI=1S/C9H18N2O3/c1-8(2,10)6(12)11(5)9(3,4)7(13)14/h10H2,1-5H3,(H,13,14). The van der Waals surface area contributed by atoms with E-state index in [2.05, 4.69) is 0 Å². The van der Waals surface area contributed by atoms with Gasteiger partial charge in [0.05, 0.1) is 5.54 Å². The molecule has 0 heterocycles. The molecule has 0 rings (SSSR count). The highest BCUT2D eigenvalue weighted by Crippen LogP contribution is 2.16. The topological polar surface area (TPSA) is 83.6 Å². The summed E-state index contributed by atoms with van der Waals surface area (Å²) >= 11 is 0. The van der Waals surface area contributed by atoms with Gasteiger partial charge >= 0.3 is 5.97 Å². The van der Waals surface area contributed by atoms with E-state index in [1.54, 1.807) is 13.8 Å². The third-order valence-corrected chi connectivity index (χ3v) is 2.22. The normalized spacial score (nSPS) is 12.4. The molecule has 0 fully saturated rings. The highest BCUT2D eigenvalue weighted by Gasteiger charge is 2.39. The first-order chi connectivity index (χ1) is 6.01. The number of nitrogens with two attached hydrogens (primary N) is 1. The van der Waals surface area contributed by atoms with Crippen molar-refractivity contribution < 1.29 is 14.7 Å². The summed E-state index contributed by atoms with van der Waals surface area (Å²) in [5, 5.41) is 8.89. The van der Waals surface area contributed by atoms with Gasteiger partial charge in [-0.3, -0.25) is 4.79 Å². The van der Waals surface area contributed by atoms with Crippen LogP contribution in [0.4, 0.5) is 0 Å². The van der Waals surface area contributed by atoms with Crippen LogP contribution in [0.2, 0.25) is 0 Å². The van der Waals surface area contributed by atoms with Crippen LogP contribution in [-0.4, -0.2) is 40.0 Å². The smallest absolute Gasteiger partial charge is 0.329 e. The second-order valence-corrected chi connectivity index (χ2v) is 4.45. The molecule has 0 aliphatic carbocycles. The maximum absolute atomic E-state index is 11.7. The molecule has 0 bridgehead atoms. The lowest BCUT2D eigenvalue weighted by molar-refractivity contribution is -0.157. The zero-order valence-electron chi connectivity index (χ0n) is 9.29. The summed E-state index contributed by atoms with van der Waals surface area (Å²) < 4.78 is 0. The molecule has 0 saturated heterocycles. The Kier molecular flexibility index (Phi) is 3.29. The van der Waals surface area contributed by atoms with E-state index in [4.69, 9.17) is 10.8 Å². The predicted octanol–water partition coefficient (Wildman–Crippen LogP) is 0.0453. The zero-order chi connectivity index (χ0) is 11.7. The number of carboxylic acid groups (broad SMARTS) is 1. The molecular formula is C9H18N2O3. The molecule has 82 valence electrons. The average Bonchev–Trinajstić information content (AvgIpc) is 1.99. The number of hydrogen-bond donors (Lipinski definition) is 2. The second kappa shape index (κ2) is 3.57. The Labute approximate surface area is 83.9 Å². The van der Waals surface area contributed by atoms with Gasteiger partial charge in [-0.25, -0.2) is 4.79 Å². The van der Waals surface area contributed by atoms with Gasteiger partial charge < -0.3 is 15.7 Å². The Morgan fingerprint density at radius 2 is 1.57 bits per heavy atom. The second-order valence-electron chi connectivity index (χ2n) is 4.45. The molecule has 14 heavy (non-hydrogen) atoms. The first kappa shape index (κ1) is 12.9. The lowest BCUT2D eigenvalue weighted by Gasteiger charge is -2.35. The summed E-state index contributed by atoms with van der Waals surface area (Å²) in [6, 6.07) is 0. The number of amides is 1. The van der Waals surface area contributed by atoms with E-state index in [9.17, 15) is 9.59 Å². The van der Waals surface area contributed by atoms with Gasteiger partial charge in [0.15, 0.2) is 0 Å². The fourth-order valence-electron chi connectivity index (χ4n) is 0.830. The Balaban J connectivity index is 4.89. The summed E-state index contributed by atoms with van der Waals surface area (Å²) in [6.07, 6.45) is 0. The molecular weight excluding hydrogens is 184 g/mol. The maximum Gasteiger partial charge on any atom is 0.329 e. The van der Waals surface area contributed by atoms with E-state index in [0.29, 0.717) is 0 Å². The zero-order valence-corrected chi connectivity index (χ0v) is 9.29. The van der Waals surface area contributed by atoms with Crippen molar-refractivity contribution in [2.75, 3.05) is 7.05 Å². The summed E-state index contributed by atoms with van der Waals surface area (Å²) in [6.45, 7) is 6.01. The van der Waals surface area contributed by atoms with Crippen molar-refractivity contribution in [2.24, 2.45) is 5.73 Å². The fourth-order valence-corrected chi connectivity index (χ4v) is 0.830. The van der Waals surface area contributed by atoms with Crippen molar-refractivity contribution in [3.05, 3.63) is 0 Å². The Bertz CT molecular complexity index is 253. The minimum absolute atomic E-state index is 0.398. The molecule has 3 N–H and O–H groups in total. The van der Waals surface area contributed by atoms with E-state index < -0.39 is 23.0 Å². The number of nitrogens with zero attached hydrogens (tertiary/aromatic N) is 1. The van der Waals surface area contributed by atoms with Crippen molar-refractivity contribution in [3.8, 4) is 0 Å². The molecule has 5 nitrogen and oxygen atoms in total. The number of carbonyl (C=O) groups is 2. The van der Waals surface area contributed by atoms with E-state index in [0.717, 1.165) is 4.90 Å². The van der Waals surface area contributed by atoms with Crippen LogP contribution in [-0.2, 0) is 9.59 Å². The first-order valence-corrected chi connectivity index (χ1v) is 4.31. The van der Waals surface area contributed by atoms with E-state index in [1.807, 2.05) is 0 Å². The molecule has 0 aliphatic heterocycles. The molecule has 1 amide bonds. The molecule has 0 spiro atoms. The molecule has 0 atom stereocenters. The molecule has 0 aliphatic rings. The number of carboxylic acids is 1. The fraction of sp³-hybridized carbons (Fsp3) is 0.778. The summed E-state index contributed by atoms with van der Waals surface area (Å²) in [4.78, 5) is 23.7. The Morgan fingerprint density at radius 3 is 1.79 bits per heavy atom. The van der Waals surface area contributed by atoms with Crippen LogP contribution >= 0.6 is 0 Å². The third-order valence-electron chi connectivity index (χ3n) is 2.22. The largest absolute Gasteiger partial charge is 0.480 e. The van der Waals surface area contributed by atoms with Crippen LogP contribution in [0.15, 0.2) is 0 Å². The van der Waals surface area contributed by atoms with Gasteiger partial charge in [-0.1, -0.05) is 0 Å². The van der Waals surface area contributed by atoms with Crippen molar-refractivity contribution >= 4 is 11.9 Å². The highest BCUT2D eigenvalue weighted by molar-refractivity contribution is 5.90. The minimum Gasteiger partial charge on any atom is -0.480 e. The van der Waals surface area contributed by atoms with Crippen LogP contribution in [0, 0.1) is 0 Å². The molecule has 0 unspecified atom stereocenters. The number of likely N-dealkylation sites (N-methyl/N-ethyl adjacent to an activating group) is 1. The Hall–Kier alpha value is -1.10. The maximum atomic E-state index is 11.7. The molecule has 0 aromatic rings. The molecule has 0 aromatic heterocycles. The van der Waals surface area contributed by atoms with E-state index in [1.165, 1.54) is 20.9 Å². The average molecular weight is 202 g/mol. The van der Waals surface area contributed by atoms with Crippen LogP contribution in [0.5, 0.6) is 0 Å². The molecule has 0 aromatic carbocycles. The van der Waals surface area contributed by atoms with Gasteiger partial charge in [-0.2, -0.15) is 0 Å². The van der Waals surface area contributed by atoms with Crippen LogP contribution in [0.3, 0.4) is 0 Å². The van der Waals surface area contributed by atoms with Gasteiger partial charge in [-0.15, -0.1) is 0 Å². The van der Waals surface area contributed by atoms with Crippen molar-refractivity contribution in [3.63, 3.8) is 0 Å². The summed E-state index contributed by atoms with van der Waals surface area (Å²) in [7, 11) is 1.44. The van der Waals surface area contributed by atoms with Gasteiger partial charge in [0.2, 0.25) is 5.91 Å². The summed E-state index contributed by atoms with van der Waals surface area (Å²) in [5.41, 5.74) is 3.30. The molecule has 0 radical (unpaired) electrons. The monoisotopic (exact) mass is 202 g/mol. The van der Waals surface area contributed by atoms with Gasteiger partial charge in [0.1, 0.15) is 5.54 Å². The SMILES string of the molecule is CN(C(=O)C(C)(C)N)C(C)(C)C(=O)O. The van der Waals surface area contributed by atoms with Crippen molar-refractivity contribution in [1.82, 2.24) is 4.90 Å². The number of hydrogen-bond acceptors (Lipinski definition) is 3. The quantitative estimate of drug-likeness (QED) is 0.677. The molecule has 5 heteroatoms. The molecule has 0 saturated carbocycles. The summed E-state index contributed by atoms with van der Waals surface area (Å²) in [5.74, 6) is -1.46. The van der Waals surface area contributed by atoms with E-state index >= 15 is 0 Å². The van der Waals surface area contributed by atoms with Crippen molar-refractivity contribution in [1.29, 1.82) is 0 Å². The first-order valence-electron chi connectivity index (χ1n) is 4.31. The third kappa shape index (κ3) is 2.45. The van der Waals surface area contributed by atoms with Gasteiger partial charge in [0, 0.05) is 7.05 Å². The van der Waals surface area contributed by atoms with Crippen molar-refractivity contribution in [2.45, 2.75) is 38.8 Å². The lowest BCUT2D eigenvalue weighted by atomic mass is 9.98. The van der Waals surface area contributed by atoms with Crippen LogP contribution in [0.25, 0.3) is 0 Å². The number of aliphatic carboxylic acids is 1. The Morgan fingerprint density at radius 1 is 1.21 bits per heavy atom. The van der Waals surface area contributed by atoms with Crippen LogP contribution in [0.1, 0.15) is 27.7 Å². The predicted molar refractivity (Wildman–Crippen MR) is 52.8 cm³/mol. The van der Waals surface area contributed by atoms with Gasteiger partial charge in [-0.05, 0) is 27.7 Å². The number of carbonyl (C=O) groups excluding carboxylic acids is 1.